The Morgan fingerprint density at radius 1 is 1.00 bits per heavy atom. The van der Waals surface area contributed by atoms with E-state index in [0.717, 1.165) is 0 Å². The average Bonchev–Trinajstić information content (AvgIpc) is 1.79. The highest BCUT2D eigenvalue weighted by molar-refractivity contribution is 5.76. The third-order valence-electron chi connectivity index (χ3n) is 0.896. The van der Waals surface area contributed by atoms with E-state index >= 15 is 0 Å². The molecule has 0 aliphatic rings. The lowest BCUT2D eigenvalue weighted by atomic mass is 10.3. The molecular weight excluding hydrogens is 248 g/mol. The van der Waals surface area contributed by atoms with E-state index in [1.165, 1.54) is 0 Å². The molecule has 92 valence electrons. The third-order valence-corrected chi connectivity index (χ3v) is 0.896. The van der Waals surface area contributed by atoms with Crippen LogP contribution in [0.3, 0.4) is 0 Å². The zero-order chi connectivity index (χ0) is 11.8. The normalized spacial score (nSPS) is 16.5. The van der Waals surface area contributed by atoms with Crippen LogP contribution in [0.1, 0.15) is 0 Å². The number of alkyl halides is 7. The van der Waals surface area contributed by atoms with Crippen LogP contribution in [0.5, 0.6) is 0 Å². The van der Waals surface area contributed by atoms with Crippen LogP contribution in [0.2, 0.25) is 0 Å². The molecule has 0 saturated heterocycles. The van der Waals surface area contributed by atoms with E-state index in [1.54, 1.807) is 0 Å². The lowest BCUT2D eigenvalue weighted by Gasteiger charge is -2.24. The van der Waals surface area contributed by atoms with Crippen molar-refractivity contribution in [2.24, 2.45) is 0 Å². The zero-order valence-corrected chi connectivity index (χ0v) is 6.29. The summed E-state index contributed by atoms with van der Waals surface area (Å²) in [4.78, 5) is 9.63. The summed E-state index contributed by atoms with van der Waals surface area (Å²) < 4.78 is 82.3. The van der Waals surface area contributed by atoms with Crippen molar-refractivity contribution < 1.29 is 50.1 Å². The fourth-order valence-electron chi connectivity index (χ4n) is 0.382. The summed E-state index contributed by atoms with van der Waals surface area (Å²) in [5.41, 5.74) is 0. The molecule has 0 aliphatic heterocycles. The van der Waals surface area contributed by atoms with E-state index in [4.69, 9.17) is 5.11 Å². The quantitative estimate of drug-likeness (QED) is 0.628. The lowest BCUT2D eigenvalue weighted by Crippen LogP contribution is -3.00. The van der Waals surface area contributed by atoms with Crippen molar-refractivity contribution in [3.63, 3.8) is 0 Å². The second kappa shape index (κ2) is 4.16. The van der Waals surface area contributed by atoms with Gasteiger partial charge in [-0.3, -0.25) is 0 Å². The van der Waals surface area contributed by atoms with Crippen molar-refractivity contribution in [2.75, 3.05) is 0 Å². The maximum absolute atomic E-state index is 12.3. The SMILES string of the molecule is O=C(O)C(F)(OC(F)(F)F)C(F)(F)F.[F-]. The molecule has 1 unspecified atom stereocenters. The van der Waals surface area contributed by atoms with Crippen LogP contribution in [-0.4, -0.2) is 29.5 Å². The molecule has 0 bridgehead atoms. The molecule has 11 heteroatoms. The number of hydrogen-bond acceptors (Lipinski definition) is 2. The van der Waals surface area contributed by atoms with Gasteiger partial charge >= 0.3 is 24.4 Å². The summed E-state index contributed by atoms with van der Waals surface area (Å²) >= 11 is 0. The first-order valence-corrected chi connectivity index (χ1v) is 2.66. The first-order valence-electron chi connectivity index (χ1n) is 2.66. The van der Waals surface area contributed by atoms with E-state index in [9.17, 15) is 35.5 Å². The molecule has 0 radical (unpaired) electrons. The Hall–Kier alpha value is -1.13. The zero-order valence-electron chi connectivity index (χ0n) is 6.29. The minimum Gasteiger partial charge on any atom is -1.00 e. The number of halogens is 8. The molecule has 0 aromatic carbocycles. The molecule has 0 fully saturated rings. The molecule has 0 aromatic rings. The van der Waals surface area contributed by atoms with Crippen molar-refractivity contribution in [3.05, 3.63) is 0 Å². The fraction of sp³-hybridized carbons (Fsp3) is 0.750. The number of carboxylic acids is 1. The maximum atomic E-state index is 12.3. The van der Waals surface area contributed by atoms with Gasteiger partial charge in [0.1, 0.15) is 0 Å². The van der Waals surface area contributed by atoms with Gasteiger partial charge in [-0.1, -0.05) is 0 Å². The van der Waals surface area contributed by atoms with Crippen LogP contribution in [0.4, 0.5) is 30.7 Å². The molecule has 0 spiro atoms. The molecule has 0 saturated carbocycles. The van der Waals surface area contributed by atoms with Gasteiger partial charge in [0, 0.05) is 0 Å². The van der Waals surface area contributed by atoms with Crippen LogP contribution in [-0.2, 0) is 9.53 Å². The molecule has 0 heterocycles. The standard InChI is InChI=1S/C4HF7O3.FH/c5-2(1(12)13,3(6,7)8)14-4(9,10)11;/h(H,12,13);1H/p-1. The number of rotatable bonds is 2. The largest absolute Gasteiger partial charge is 1.00 e. The van der Waals surface area contributed by atoms with Gasteiger partial charge < -0.3 is 9.81 Å². The predicted molar refractivity (Wildman–Crippen MR) is 24.7 cm³/mol. The summed E-state index contributed by atoms with van der Waals surface area (Å²) in [6, 6.07) is 0. The molecule has 0 rings (SSSR count). The van der Waals surface area contributed by atoms with Gasteiger partial charge in [-0.2, -0.15) is 17.6 Å². The van der Waals surface area contributed by atoms with Crippen LogP contribution in [0, 0.1) is 0 Å². The van der Waals surface area contributed by atoms with Crippen LogP contribution < -0.4 is 4.70 Å². The summed E-state index contributed by atoms with van der Waals surface area (Å²) in [7, 11) is 0. The first kappa shape index (κ1) is 16.3. The van der Waals surface area contributed by atoms with Gasteiger partial charge in [-0.15, -0.1) is 13.2 Å². The van der Waals surface area contributed by atoms with Gasteiger partial charge in [0.25, 0.3) is 0 Å². The average molecular weight is 249 g/mol. The Labute approximate surface area is 75.8 Å². The molecule has 3 nitrogen and oxygen atoms in total. The van der Waals surface area contributed by atoms with Crippen molar-refractivity contribution in [1.29, 1.82) is 0 Å². The molecule has 15 heavy (non-hydrogen) atoms. The summed E-state index contributed by atoms with van der Waals surface area (Å²) in [5.74, 6) is -9.21. The molecule has 0 amide bonds. The van der Waals surface area contributed by atoms with Gasteiger partial charge in [0.15, 0.2) is 0 Å². The highest BCUT2D eigenvalue weighted by Gasteiger charge is 2.68. The Morgan fingerprint density at radius 2 is 1.33 bits per heavy atom. The van der Waals surface area contributed by atoms with E-state index in [2.05, 4.69) is 0 Å². The Balaban J connectivity index is 0. The van der Waals surface area contributed by atoms with Crippen LogP contribution >= 0.6 is 0 Å². The minimum absolute atomic E-state index is 0. The van der Waals surface area contributed by atoms with Crippen molar-refractivity contribution in [2.45, 2.75) is 18.4 Å². The van der Waals surface area contributed by atoms with Gasteiger partial charge in [-0.05, 0) is 0 Å². The predicted octanol–water partition coefficient (Wildman–Crippen LogP) is -1.16. The highest BCUT2D eigenvalue weighted by atomic mass is 19.4. The van der Waals surface area contributed by atoms with E-state index in [0.29, 0.717) is 0 Å². The van der Waals surface area contributed by atoms with E-state index in [-0.39, 0.29) is 4.70 Å². The van der Waals surface area contributed by atoms with Gasteiger partial charge in [-0.25, -0.2) is 9.53 Å². The van der Waals surface area contributed by atoms with E-state index < -0.39 is 24.4 Å². The van der Waals surface area contributed by atoms with Gasteiger partial charge in [0.2, 0.25) is 0 Å². The number of carboxylic acid groups (broad SMARTS) is 1. The number of carbonyl (C=O) groups is 1. The smallest absolute Gasteiger partial charge is 0.525 e. The third kappa shape index (κ3) is 3.85. The second-order valence-corrected chi connectivity index (χ2v) is 1.95. The Morgan fingerprint density at radius 3 is 1.40 bits per heavy atom. The second-order valence-electron chi connectivity index (χ2n) is 1.95. The number of ether oxygens (including phenoxy) is 1. The van der Waals surface area contributed by atoms with Crippen molar-refractivity contribution >= 4 is 5.97 Å². The van der Waals surface area contributed by atoms with E-state index in [1.807, 2.05) is 4.74 Å². The highest BCUT2D eigenvalue weighted by Crippen LogP contribution is 2.39. The topological polar surface area (TPSA) is 46.5 Å². The molecular formula is C4HF8O3-. The number of aliphatic carboxylic acids is 1. The monoisotopic (exact) mass is 249 g/mol. The summed E-state index contributed by atoms with van der Waals surface area (Å²) in [6.07, 6.45) is -12.4. The number of hydrogen-bond donors (Lipinski definition) is 1. The van der Waals surface area contributed by atoms with Crippen LogP contribution in [0.25, 0.3) is 0 Å². The van der Waals surface area contributed by atoms with Crippen molar-refractivity contribution in [1.82, 2.24) is 0 Å². The molecule has 0 aromatic heterocycles. The maximum Gasteiger partial charge on any atom is 0.525 e. The Bertz CT molecular complexity index is 231. The minimum atomic E-state index is -6.33. The molecule has 1 atom stereocenters. The summed E-state index contributed by atoms with van der Waals surface area (Å²) in [5, 5.41) is 7.61. The Kier molecular flexibility index (Phi) is 4.53. The van der Waals surface area contributed by atoms with Crippen LogP contribution in [0.15, 0.2) is 0 Å². The summed E-state index contributed by atoms with van der Waals surface area (Å²) in [6.45, 7) is 0. The van der Waals surface area contributed by atoms with Gasteiger partial charge in [0.05, 0.1) is 0 Å². The first-order chi connectivity index (χ1) is 5.90. The fourth-order valence-corrected chi connectivity index (χ4v) is 0.382. The lowest BCUT2D eigenvalue weighted by molar-refractivity contribution is -0.435. The molecule has 1 N–H and O–H groups in total. The molecule has 0 aliphatic carbocycles. The van der Waals surface area contributed by atoms with Crippen molar-refractivity contribution in [3.8, 4) is 0 Å².